The molecule has 98 valence electrons. The molecular formula is C16H16O3. The molecule has 0 unspecified atom stereocenters. The van der Waals surface area contributed by atoms with Crippen molar-refractivity contribution in [3.63, 3.8) is 0 Å². The number of rotatable bonds is 5. The van der Waals surface area contributed by atoms with E-state index in [0.717, 1.165) is 11.1 Å². The van der Waals surface area contributed by atoms with Gasteiger partial charge in [0, 0.05) is 0 Å². The molecule has 0 amide bonds. The van der Waals surface area contributed by atoms with E-state index in [-0.39, 0.29) is 18.1 Å². The second-order valence-corrected chi connectivity index (χ2v) is 4.58. The fourth-order valence-electron chi connectivity index (χ4n) is 2.16. The summed E-state index contributed by atoms with van der Waals surface area (Å²) in [6.45, 7) is 0. The maximum atomic E-state index is 11.0. The molecule has 2 aromatic carbocycles. The summed E-state index contributed by atoms with van der Waals surface area (Å²) in [7, 11) is 0. The lowest BCUT2D eigenvalue weighted by atomic mass is 9.89. The van der Waals surface area contributed by atoms with Crippen LogP contribution in [0.1, 0.15) is 23.5 Å². The van der Waals surface area contributed by atoms with Crippen molar-refractivity contribution in [3.05, 3.63) is 65.7 Å². The molecule has 0 aliphatic carbocycles. The first-order valence-electron chi connectivity index (χ1n) is 6.20. The van der Waals surface area contributed by atoms with E-state index in [9.17, 15) is 9.90 Å². The summed E-state index contributed by atoms with van der Waals surface area (Å²) in [4.78, 5) is 11.0. The van der Waals surface area contributed by atoms with Crippen molar-refractivity contribution in [1.29, 1.82) is 0 Å². The number of phenols is 1. The number of carboxylic acid groups (broad SMARTS) is 1. The van der Waals surface area contributed by atoms with Crippen LogP contribution in [0.25, 0.3) is 0 Å². The molecule has 0 radical (unpaired) electrons. The third kappa shape index (κ3) is 3.85. The van der Waals surface area contributed by atoms with Crippen molar-refractivity contribution >= 4 is 5.97 Å². The van der Waals surface area contributed by atoms with Crippen LogP contribution in [0.15, 0.2) is 54.6 Å². The van der Waals surface area contributed by atoms with Gasteiger partial charge < -0.3 is 10.2 Å². The van der Waals surface area contributed by atoms with Gasteiger partial charge in [-0.1, -0.05) is 42.5 Å². The van der Waals surface area contributed by atoms with Crippen LogP contribution in [0.3, 0.4) is 0 Å². The number of hydrogen-bond acceptors (Lipinski definition) is 2. The zero-order valence-corrected chi connectivity index (χ0v) is 10.5. The molecular weight excluding hydrogens is 240 g/mol. The van der Waals surface area contributed by atoms with Crippen LogP contribution in [0, 0.1) is 0 Å². The molecule has 19 heavy (non-hydrogen) atoms. The smallest absolute Gasteiger partial charge is 0.303 e. The highest BCUT2D eigenvalue weighted by molar-refractivity contribution is 5.68. The Morgan fingerprint density at radius 3 is 2.21 bits per heavy atom. The summed E-state index contributed by atoms with van der Waals surface area (Å²) >= 11 is 0. The Labute approximate surface area is 112 Å². The summed E-state index contributed by atoms with van der Waals surface area (Å²) < 4.78 is 0. The quantitative estimate of drug-likeness (QED) is 0.863. The molecule has 0 saturated carbocycles. The van der Waals surface area contributed by atoms with E-state index in [1.165, 1.54) is 0 Å². The zero-order valence-electron chi connectivity index (χ0n) is 10.5. The number of phenolic OH excluding ortho intramolecular Hbond substituents is 1. The highest BCUT2D eigenvalue weighted by Gasteiger charge is 2.16. The van der Waals surface area contributed by atoms with Crippen LogP contribution in [-0.4, -0.2) is 16.2 Å². The van der Waals surface area contributed by atoms with Crippen LogP contribution >= 0.6 is 0 Å². The van der Waals surface area contributed by atoms with E-state index in [2.05, 4.69) is 0 Å². The summed E-state index contributed by atoms with van der Waals surface area (Å²) in [6, 6.07) is 16.6. The molecule has 0 heterocycles. The van der Waals surface area contributed by atoms with Gasteiger partial charge >= 0.3 is 5.97 Å². The van der Waals surface area contributed by atoms with E-state index in [0.29, 0.717) is 6.42 Å². The van der Waals surface area contributed by atoms with Gasteiger partial charge in [0.2, 0.25) is 0 Å². The fraction of sp³-hybridized carbons (Fsp3) is 0.188. The summed E-state index contributed by atoms with van der Waals surface area (Å²) in [6.07, 6.45) is 0.751. The van der Waals surface area contributed by atoms with Crippen molar-refractivity contribution in [2.75, 3.05) is 0 Å². The highest BCUT2D eigenvalue weighted by Crippen LogP contribution is 2.25. The number of hydrogen-bond donors (Lipinski definition) is 2. The van der Waals surface area contributed by atoms with Gasteiger partial charge in [0.05, 0.1) is 6.42 Å². The molecule has 0 aliphatic heterocycles. The average molecular weight is 256 g/mol. The third-order valence-electron chi connectivity index (χ3n) is 3.11. The SMILES string of the molecule is O=C(O)C[C@@H](Cc1ccc(O)cc1)c1ccccc1. The Bertz CT molecular complexity index is 532. The van der Waals surface area contributed by atoms with Gasteiger partial charge in [0.15, 0.2) is 0 Å². The number of carboxylic acids is 1. The first-order chi connectivity index (χ1) is 9.15. The Hall–Kier alpha value is -2.29. The van der Waals surface area contributed by atoms with E-state index >= 15 is 0 Å². The number of carbonyl (C=O) groups is 1. The first kappa shape index (κ1) is 13.1. The van der Waals surface area contributed by atoms with Crippen molar-refractivity contribution in [2.24, 2.45) is 0 Å². The average Bonchev–Trinajstić information content (AvgIpc) is 2.41. The Morgan fingerprint density at radius 1 is 1.00 bits per heavy atom. The number of benzene rings is 2. The Balaban J connectivity index is 2.19. The van der Waals surface area contributed by atoms with Crippen LogP contribution in [0.2, 0.25) is 0 Å². The molecule has 3 heteroatoms. The molecule has 0 aliphatic rings. The topological polar surface area (TPSA) is 57.5 Å². The van der Waals surface area contributed by atoms with Gasteiger partial charge in [-0.05, 0) is 35.6 Å². The summed E-state index contributed by atoms with van der Waals surface area (Å²) in [5, 5.41) is 18.3. The van der Waals surface area contributed by atoms with Gasteiger partial charge in [-0.3, -0.25) is 4.79 Å². The Morgan fingerprint density at radius 2 is 1.63 bits per heavy atom. The molecule has 0 saturated heterocycles. The lowest BCUT2D eigenvalue weighted by molar-refractivity contribution is -0.137. The minimum Gasteiger partial charge on any atom is -0.508 e. The van der Waals surface area contributed by atoms with E-state index in [1.807, 2.05) is 42.5 Å². The van der Waals surface area contributed by atoms with Gasteiger partial charge in [0.1, 0.15) is 5.75 Å². The van der Waals surface area contributed by atoms with Crippen LogP contribution in [0.5, 0.6) is 5.75 Å². The second-order valence-electron chi connectivity index (χ2n) is 4.58. The highest BCUT2D eigenvalue weighted by atomic mass is 16.4. The van der Waals surface area contributed by atoms with Crippen molar-refractivity contribution in [3.8, 4) is 5.75 Å². The lowest BCUT2D eigenvalue weighted by Crippen LogP contribution is -2.09. The lowest BCUT2D eigenvalue weighted by Gasteiger charge is -2.15. The predicted molar refractivity (Wildman–Crippen MR) is 73.2 cm³/mol. The monoisotopic (exact) mass is 256 g/mol. The van der Waals surface area contributed by atoms with Gasteiger partial charge in [-0.2, -0.15) is 0 Å². The summed E-state index contributed by atoms with van der Waals surface area (Å²) in [5.74, 6) is -0.630. The standard InChI is InChI=1S/C16H16O3/c17-15-8-6-12(7-9-15)10-14(11-16(18)19)13-4-2-1-3-5-13/h1-9,14,17H,10-11H2,(H,18,19)/t14-/m1/s1. The predicted octanol–water partition coefficient (Wildman–Crippen LogP) is 3.19. The van der Waals surface area contributed by atoms with E-state index < -0.39 is 5.97 Å². The molecule has 2 N–H and O–H groups in total. The normalized spacial score (nSPS) is 12.0. The minimum atomic E-state index is -0.798. The summed E-state index contributed by atoms with van der Waals surface area (Å²) in [5.41, 5.74) is 2.05. The molecule has 2 aromatic rings. The molecule has 2 rings (SSSR count). The maximum Gasteiger partial charge on any atom is 0.303 e. The maximum absolute atomic E-state index is 11.0. The first-order valence-corrected chi connectivity index (χ1v) is 6.20. The van der Waals surface area contributed by atoms with Crippen LogP contribution in [0.4, 0.5) is 0 Å². The molecule has 0 bridgehead atoms. The van der Waals surface area contributed by atoms with Crippen LogP contribution in [-0.2, 0) is 11.2 Å². The van der Waals surface area contributed by atoms with Gasteiger partial charge in [-0.25, -0.2) is 0 Å². The molecule has 1 atom stereocenters. The number of aliphatic carboxylic acids is 1. The van der Waals surface area contributed by atoms with Crippen molar-refractivity contribution < 1.29 is 15.0 Å². The van der Waals surface area contributed by atoms with Gasteiger partial charge in [0.25, 0.3) is 0 Å². The zero-order chi connectivity index (χ0) is 13.7. The largest absolute Gasteiger partial charge is 0.508 e. The second kappa shape index (κ2) is 6.05. The van der Waals surface area contributed by atoms with E-state index in [1.54, 1.807) is 12.1 Å². The molecule has 0 aromatic heterocycles. The molecule has 0 spiro atoms. The third-order valence-corrected chi connectivity index (χ3v) is 3.11. The minimum absolute atomic E-state index is 0.0526. The molecule has 3 nitrogen and oxygen atoms in total. The number of aromatic hydroxyl groups is 1. The van der Waals surface area contributed by atoms with Crippen molar-refractivity contribution in [1.82, 2.24) is 0 Å². The van der Waals surface area contributed by atoms with Crippen LogP contribution < -0.4 is 0 Å². The van der Waals surface area contributed by atoms with E-state index in [4.69, 9.17) is 5.11 Å². The van der Waals surface area contributed by atoms with Crippen molar-refractivity contribution in [2.45, 2.75) is 18.8 Å². The Kier molecular flexibility index (Phi) is 4.18. The van der Waals surface area contributed by atoms with Gasteiger partial charge in [-0.15, -0.1) is 0 Å². The fourth-order valence-corrected chi connectivity index (χ4v) is 2.16. The molecule has 0 fully saturated rings.